The van der Waals surface area contributed by atoms with Gasteiger partial charge in [-0.05, 0) is 23.8 Å². The highest BCUT2D eigenvalue weighted by atomic mass is 35.5. The Morgan fingerprint density at radius 2 is 2.25 bits per heavy atom. The lowest BCUT2D eigenvalue weighted by Crippen LogP contribution is -2.05. The second-order valence-corrected chi connectivity index (χ2v) is 4.10. The van der Waals surface area contributed by atoms with Gasteiger partial charge in [0.2, 0.25) is 0 Å². The molecule has 1 aromatic carbocycles. The Balaban J connectivity index is 2.30. The zero-order valence-corrected chi connectivity index (χ0v) is 9.91. The molecule has 2 aromatic rings. The Labute approximate surface area is 99.9 Å². The van der Waals surface area contributed by atoms with Crippen molar-refractivity contribution < 1.29 is 0 Å². The molecule has 0 aliphatic rings. The first kappa shape index (κ1) is 11.0. The topological polar surface area (TPSA) is 43.8 Å². The molecular formula is C12H14ClN3. The maximum absolute atomic E-state index is 5.95. The van der Waals surface area contributed by atoms with E-state index in [1.54, 1.807) is 12.3 Å². The van der Waals surface area contributed by atoms with E-state index >= 15 is 0 Å². The highest BCUT2D eigenvalue weighted by molar-refractivity contribution is 6.30. The molecule has 0 amide bonds. The second-order valence-electron chi connectivity index (χ2n) is 3.67. The predicted octanol–water partition coefficient (Wildman–Crippen LogP) is 2.73. The fourth-order valence-corrected chi connectivity index (χ4v) is 1.89. The van der Waals surface area contributed by atoms with Gasteiger partial charge in [-0.2, -0.15) is 0 Å². The lowest BCUT2D eigenvalue weighted by atomic mass is 10.2. The summed E-state index contributed by atoms with van der Waals surface area (Å²) in [6.07, 6.45) is 4.67. The lowest BCUT2D eigenvalue weighted by Gasteiger charge is -2.09. The van der Waals surface area contributed by atoms with Crippen LogP contribution in [0, 0.1) is 0 Å². The van der Waals surface area contributed by atoms with Crippen molar-refractivity contribution in [3.05, 3.63) is 47.0 Å². The Hall–Kier alpha value is -1.48. The van der Waals surface area contributed by atoms with Crippen LogP contribution in [0.15, 0.2) is 30.6 Å². The van der Waals surface area contributed by atoms with Gasteiger partial charge in [-0.3, -0.25) is 0 Å². The number of rotatable bonds is 3. The first-order valence-electron chi connectivity index (χ1n) is 5.24. The van der Waals surface area contributed by atoms with Crippen molar-refractivity contribution in [1.29, 1.82) is 0 Å². The zero-order valence-electron chi connectivity index (χ0n) is 9.15. The van der Waals surface area contributed by atoms with E-state index in [2.05, 4.69) is 16.5 Å². The van der Waals surface area contributed by atoms with Gasteiger partial charge in [0.05, 0.1) is 6.54 Å². The predicted molar refractivity (Wildman–Crippen MR) is 66.6 cm³/mol. The van der Waals surface area contributed by atoms with Gasteiger partial charge < -0.3 is 10.3 Å². The fraction of sp³-hybridized carbons (Fsp3) is 0.250. The average Bonchev–Trinajstić information content (AvgIpc) is 2.71. The Morgan fingerprint density at radius 1 is 1.44 bits per heavy atom. The number of benzene rings is 1. The summed E-state index contributed by atoms with van der Waals surface area (Å²) >= 11 is 5.95. The van der Waals surface area contributed by atoms with E-state index in [1.165, 1.54) is 0 Å². The molecule has 0 bridgehead atoms. The fourth-order valence-electron chi connectivity index (χ4n) is 1.69. The number of nitrogens with zero attached hydrogens (tertiary/aromatic N) is 2. The average molecular weight is 236 g/mol. The van der Waals surface area contributed by atoms with Gasteiger partial charge >= 0.3 is 0 Å². The molecule has 16 heavy (non-hydrogen) atoms. The number of hydrogen-bond acceptors (Lipinski definition) is 2. The minimum atomic E-state index is 0.711. The van der Waals surface area contributed by atoms with Crippen LogP contribution in [0.2, 0.25) is 5.02 Å². The molecule has 84 valence electrons. The molecule has 0 saturated carbocycles. The van der Waals surface area contributed by atoms with E-state index in [-0.39, 0.29) is 0 Å². The highest BCUT2D eigenvalue weighted by Crippen LogP contribution is 2.19. The number of nitrogens with two attached hydrogens (primary N) is 1. The van der Waals surface area contributed by atoms with Crippen LogP contribution in [0.25, 0.3) is 0 Å². The summed E-state index contributed by atoms with van der Waals surface area (Å²) in [6, 6.07) is 5.53. The van der Waals surface area contributed by atoms with Gasteiger partial charge in [0.1, 0.15) is 5.82 Å². The molecule has 0 fully saturated rings. The molecule has 3 nitrogen and oxygen atoms in total. The molecule has 0 aliphatic carbocycles. The number of aryl methyl sites for hydroxylation is 1. The lowest BCUT2D eigenvalue weighted by molar-refractivity contribution is 0.733. The molecule has 0 spiro atoms. The van der Waals surface area contributed by atoms with E-state index in [0.29, 0.717) is 5.02 Å². The number of aromatic nitrogens is 2. The van der Waals surface area contributed by atoms with Crippen molar-refractivity contribution in [2.24, 2.45) is 0 Å². The summed E-state index contributed by atoms with van der Waals surface area (Å²) in [4.78, 5) is 4.27. The van der Waals surface area contributed by atoms with Crippen molar-refractivity contribution in [3.63, 3.8) is 0 Å². The molecule has 0 atom stereocenters. The van der Waals surface area contributed by atoms with Crippen molar-refractivity contribution >= 4 is 17.3 Å². The summed E-state index contributed by atoms with van der Waals surface area (Å²) in [6.45, 7) is 2.80. The number of halogens is 1. The molecule has 0 saturated heterocycles. The summed E-state index contributed by atoms with van der Waals surface area (Å²) in [5, 5.41) is 0.711. The van der Waals surface area contributed by atoms with Gasteiger partial charge in [0, 0.05) is 29.5 Å². The van der Waals surface area contributed by atoms with Gasteiger partial charge in [-0.1, -0.05) is 18.5 Å². The Bertz CT molecular complexity index is 491. The van der Waals surface area contributed by atoms with Crippen molar-refractivity contribution in [2.75, 3.05) is 5.73 Å². The van der Waals surface area contributed by atoms with Crippen LogP contribution >= 0.6 is 11.6 Å². The first-order chi connectivity index (χ1) is 7.70. The summed E-state index contributed by atoms with van der Waals surface area (Å²) in [7, 11) is 0. The highest BCUT2D eigenvalue weighted by Gasteiger charge is 2.04. The number of nitrogen functional groups attached to an aromatic ring is 1. The quantitative estimate of drug-likeness (QED) is 0.832. The molecule has 1 aromatic heterocycles. The Morgan fingerprint density at radius 3 is 3.00 bits per heavy atom. The molecule has 0 unspecified atom stereocenters. The Kier molecular flexibility index (Phi) is 3.15. The largest absolute Gasteiger partial charge is 0.398 e. The molecule has 2 N–H and O–H groups in total. The molecular weight excluding hydrogens is 222 g/mol. The van der Waals surface area contributed by atoms with E-state index in [0.717, 1.165) is 30.0 Å². The van der Waals surface area contributed by atoms with Crippen LogP contribution in [0.3, 0.4) is 0 Å². The maximum atomic E-state index is 5.95. The third-order valence-electron chi connectivity index (χ3n) is 2.56. The molecule has 0 radical (unpaired) electrons. The van der Waals surface area contributed by atoms with Crippen LogP contribution in [0.4, 0.5) is 5.69 Å². The van der Waals surface area contributed by atoms with Crippen LogP contribution < -0.4 is 5.73 Å². The van der Waals surface area contributed by atoms with Gasteiger partial charge in [0.15, 0.2) is 0 Å². The normalized spacial score (nSPS) is 10.6. The third kappa shape index (κ3) is 2.19. The van der Waals surface area contributed by atoms with Crippen LogP contribution in [0.5, 0.6) is 0 Å². The van der Waals surface area contributed by atoms with Crippen molar-refractivity contribution in [3.8, 4) is 0 Å². The SMILES string of the molecule is CCc1nccn1Cc1cc(Cl)ccc1N. The molecule has 4 heteroatoms. The zero-order chi connectivity index (χ0) is 11.5. The van der Waals surface area contributed by atoms with E-state index in [4.69, 9.17) is 17.3 Å². The van der Waals surface area contributed by atoms with Gasteiger partial charge in [-0.15, -0.1) is 0 Å². The number of hydrogen-bond donors (Lipinski definition) is 1. The summed E-state index contributed by atoms with van der Waals surface area (Å²) in [5.41, 5.74) is 7.70. The second kappa shape index (κ2) is 4.58. The standard InChI is InChI=1S/C12H14ClN3/c1-2-12-15-5-6-16(12)8-9-7-10(13)3-4-11(9)14/h3-7H,2,8,14H2,1H3. The van der Waals surface area contributed by atoms with Gasteiger partial charge in [0.25, 0.3) is 0 Å². The van der Waals surface area contributed by atoms with E-state index in [1.807, 2.05) is 18.3 Å². The number of imidazole rings is 1. The van der Waals surface area contributed by atoms with Gasteiger partial charge in [-0.25, -0.2) is 4.98 Å². The van der Waals surface area contributed by atoms with Crippen LogP contribution in [-0.4, -0.2) is 9.55 Å². The minimum Gasteiger partial charge on any atom is -0.398 e. The minimum absolute atomic E-state index is 0.711. The molecule has 2 rings (SSSR count). The molecule has 1 heterocycles. The number of anilines is 1. The van der Waals surface area contributed by atoms with Crippen molar-refractivity contribution in [1.82, 2.24) is 9.55 Å². The van der Waals surface area contributed by atoms with E-state index in [9.17, 15) is 0 Å². The van der Waals surface area contributed by atoms with Crippen LogP contribution in [-0.2, 0) is 13.0 Å². The first-order valence-corrected chi connectivity index (χ1v) is 5.62. The summed E-state index contributed by atoms with van der Waals surface area (Å²) < 4.78 is 2.09. The molecule has 0 aliphatic heterocycles. The van der Waals surface area contributed by atoms with Crippen molar-refractivity contribution in [2.45, 2.75) is 19.9 Å². The van der Waals surface area contributed by atoms with E-state index < -0.39 is 0 Å². The summed E-state index contributed by atoms with van der Waals surface area (Å²) in [5.74, 6) is 1.05. The maximum Gasteiger partial charge on any atom is 0.108 e. The smallest absolute Gasteiger partial charge is 0.108 e. The monoisotopic (exact) mass is 235 g/mol. The van der Waals surface area contributed by atoms with Crippen LogP contribution in [0.1, 0.15) is 18.3 Å². The third-order valence-corrected chi connectivity index (χ3v) is 2.80.